The van der Waals surface area contributed by atoms with Gasteiger partial charge >= 0.3 is 5.97 Å². The van der Waals surface area contributed by atoms with Crippen LogP contribution in [0.5, 0.6) is 0 Å². The van der Waals surface area contributed by atoms with E-state index in [4.69, 9.17) is 5.73 Å². The number of amides is 1. The first-order valence-corrected chi connectivity index (χ1v) is 13.8. The monoisotopic (exact) mass is 589 g/mol. The quantitative estimate of drug-likeness (QED) is 0.246. The van der Waals surface area contributed by atoms with E-state index < -0.39 is 34.3 Å². The van der Waals surface area contributed by atoms with Gasteiger partial charge in [-0.05, 0) is 56.7 Å². The second-order valence-electron chi connectivity index (χ2n) is 11.0. The Balaban J connectivity index is 1.41. The molecule has 10 nitrogen and oxygen atoms in total. The molecular weight excluding hydrogens is 564 g/mol. The second kappa shape index (κ2) is 9.65. The molecule has 42 heavy (non-hydrogen) atoms. The minimum absolute atomic E-state index is 0.0356. The number of aromatic nitrogens is 5. The maximum Gasteiger partial charge on any atom is 0.309 e. The van der Waals surface area contributed by atoms with Gasteiger partial charge in [0.05, 0.1) is 28.7 Å². The van der Waals surface area contributed by atoms with Crippen molar-refractivity contribution in [2.24, 2.45) is 5.41 Å². The van der Waals surface area contributed by atoms with Crippen LogP contribution in [0, 0.1) is 17.0 Å². The summed E-state index contributed by atoms with van der Waals surface area (Å²) in [6, 6.07) is 10.2. The molecule has 0 aliphatic carbocycles. The zero-order valence-electron chi connectivity index (χ0n) is 22.8. The van der Waals surface area contributed by atoms with Crippen molar-refractivity contribution in [1.82, 2.24) is 24.7 Å². The molecule has 0 saturated carbocycles. The average molecular weight is 590 g/mol. The van der Waals surface area contributed by atoms with E-state index in [1.54, 1.807) is 44.4 Å². The summed E-state index contributed by atoms with van der Waals surface area (Å²) in [5.74, 6) is -1.88. The Morgan fingerprint density at radius 1 is 1.14 bits per heavy atom. The number of halogens is 2. The third-order valence-electron chi connectivity index (χ3n) is 7.45. The van der Waals surface area contributed by atoms with Crippen molar-refractivity contribution < 1.29 is 23.5 Å². The van der Waals surface area contributed by atoms with Crippen molar-refractivity contribution in [2.45, 2.75) is 39.2 Å². The van der Waals surface area contributed by atoms with Gasteiger partial charge in [0, 0.05) is 17.2 Å². The number of rotatable bonds is 7. The van der Waals surface area contributed by atoms with E-state index in [1.807, 2.05) is 0 Å². The van der Waals surface area contributed by atoms with Crippen LogP contribution in [0.1, 0.15) is 42.6 Å². The first-order valence-electron chi connectivity index (χ1n) is 13.0. The van der Waals surface area contributed by atoms with Gasteiger partial charge in [0.15, 0.2) is 5.82 Å². The Labute approximate surface area is 242 Å². The van der Waals surface area contributed by atoms with Gasteiger partial charge in [0.2, 0.25) is 5.91 Å². The zero-order chi connectivity index (χ0) is 30.0. The van der Waals surface area contributed by atoms with Gasteiger partial charge in [-0.15, -0.1) is 11.3 Å². The number of carbonyl (C=O) groups is 2. The number of anilines is 2. The van der Waals surface area contributed by atoms with Crippen LogP contribution in [0.15, 0.2) is 47.8 Å². The fraction of sp³-hybridized carbons (Fsp3) is 0.241. The van der Waals surface area contributed by atoms with Crippen LogP contribution in [0.4, 0.5) is 20.4 Å². The smallest absolute Gasteiger partial charge is 0.309 e. The Morgan fingerprint density at radius 2 is 1.90 bits per heavy atom. The molecular formula is C29H25F2N7O3S. The molecule has 6 rings (SSSR count). The SMILES string of the molecule is CC(C)(Cc1csc(C2(C)C(=O)Nc3nc(-c4nn(Cc5cccc(F)c5)c5cc(F)ccc45)nc(N)c32)n1)C(=O)O. The Hall–Kier alpha value is -4.78. The first-order chi connectivity index (χ1) is 19.9. The van der Waals surface area contributed by atoms with Gasteiger partial charge in [0.1, 0.15) is 39.4 Å². The third kappa shape index (κ3) is 4.45. The molecule has 0 fully saturated rings. The summed E-state index contributed by atoms with van der Waals surface area (Å²) in [5, 5.41) is 19.6. The van der Waals surface area contributed by atoms with Crippen LogP contribution in [-0.4, -0.2) is 41.7 Å². The van der Waals surface area contributed by atoms with E-state index in [0.717, 1.165) is 0 Å². The minimum Gasteiger partial charge on any atom is -0.481 e. The summed E-state index contributed by atoms with van der Waals surface area (Å²) in [6.07, 6.45) is 0.181. The molecule has 0 saturated heterocycles. The van der Waals surface area contributed by atoms with Crippen molar-refractivity contribution in [2.75, 3.05) is 11.1 Å². The van der Waals surface area contributed by atoms with Crippen molar-refractivity contribution in [3.8, 4) is 11.5 Å². The highest BCUT2D eigenvalue weighted by Gasteiger charge is 2.50. The first kappa shape index (κ1) is 27.4. The van der Waals surface area contributed by atoms with Gasteiger partial charge in [0.25, 0.3) is 0 Å². The van der Waals surface area contributed by atoms with E-state index in [1.165, 1.54) is 40.3 Å². The number of carboxylic acid groups (broad SMARTS) is 1. The van der Waals surface area contributed by atoms with Crippen molar-refractivity contribution in [1.29, 1.82) is 0 Å². The minimum atomic E-state index is -1.31. The lowest BCUT2D eigenvalue weighted by molar-refractivity contribution is -0.146. The van der Waals surface area contributed by atoms with Crippen LogP contribution >= 0.6 is 11.3 Å². The van der Waals surface area contributed by atoms with Gasteiger partial charge in [-0.2, -0.15) is 5.10 Å². The molecule has 0 bridgehead atoms. The normalized spacial score (nSPS) is 16.5. The molecule has 13 heteroatoms. The summed E-state index contributed by atoms with van der Waals surface area (Å²) in [5.41, 5.74) is 6.40. The molecule has 1 aliphatic heterocycles. The summed E-state index contributed by atoms with van der Waals surface area (Å²) in [7, 11) is 0. The predicted molar refractivity (Wildman–Crippen MR) is 153 cm³/mol. The number of aliphatic carboxylic acids is 1. The van der Waals surface area contributed by atoms with Gasteiger partial charge in [-0.1, -0.05) is 12.1 Å². The zero-order valence-corrected chi connectivity index (χ0v) is 23.6. The number of hydrogen-bond acceptors (Lipinski definition) is 8. The maximum absolute atomic E-state index is 14.3. The Morgan fingerprint density at radius 3 is 2.64 bits per heavy atom. The highest BCUT2D eigenvalue weighted by atomic mass is 32.1. The molecule has 214 valence electrons. The molecule has 1 aliphatic rings. The molecule has 5 aromatic rings. The standard InChI is InChI=1S/C29H25F2N7O3S/c1-28(2,27(40)41)11-17-13-42-26(33-17)29(3)20-22(32)34-24(35-23(20)36-25(29)39)21-18-8-7-16(31)10-19(18)38(37-21)12-14-5-4-6-15(30)9-14/h4-10,13H,11-12H2,1-3H3,(H,40,41)(H3,32,34,35,36,39). The van der Waals surface area contributed by atoms with E-state index in [9.17, 15) is 23.5 Å². The lowest BCUT2D eigenvalue weighted by Gasteiger charge is -2.20. The lowest BCUT2D eigenvalue weighted by Crippen LogP contribution is -2.33. The molecule has 4 heterocycles. The van der Waals surface area contributed by atoms with Crippen molar-refractivity contribution in [3.63, 3.8) is 0 Å². The number of thiazole rings is 1. The van der Waals surface area contributed by atoms with E-state index >= 15 is 0 Å². The number of benzene rings is 2. The Bertz CT molecular complexity index is 1920. The van der Waals surface area contributed by atoms with Gasteiger partial charge < -0.3 is 16.2 Å². The molecule has 1 atom stereocenters. The number of carbonyl (C=O) groups excluding carboxylic acids is 1. The summed E-state index contributed by atoms with van der Waals surface area (Å²) in [6.45, 7) is 5.06. The molecule has 1 amide bonds. The number of nitrogens with one attached hydrogen (secondary N) is 1. The topological polar surface area (TPSA) is 149 Å². The van der Waals surface area contributed by atoms with E-state index in [0.29, 0.717) is 38.4 Å². The van der Waals surface area contributed by atoms with Crippen LogP contribution in [-0.2, 0) is 28.0 Å². The van der Waals surface area contributed by atoms with E-state index in [2.05, 4.69) is 25.4 Å². The number of nitrogens with two attached hydrogens (primary N) is 1. The summed E-state index contributed by atoms with van der Waals surface area (Å²) in [4.78, 5) is 38.7. The highest BCUT2D eigenvalue weighted by Crippen LogP contribution is 2.46. The van der Waals surface area contributed by atoms with Crippen molar-refractivity contribution >= 4 is 45.8 Å². The fourth-order valence-corrected chi connectivity index (χ4v) is 6.09. The van der Waals surface area contributed by atoms with Gasteiger partial charge in [-0.3, -0.25) is 14.3 Å². The van der Waals surface area contributed by atoms with Crippen LogP contribution in [0.2, 0.25) is 0 Å². The molecule has 0 spiro atoms. The second-order valence-corrected chi connectivity index (χ2v) is 11.9. The fourth-order valence-electron chi connectivity index (χ4n) is 5.10. The Kier molecular flexibility index (Phi) is 6.30. The summed E-state index contributed by atoms with van der Waals surface area (Å²) >= 11 is 1.23. The lowest BCUT2D eigenvalue weighted by atomic mass is 9.85. The van der Waals surface area contributed by atoms with Crippen LogP contribution in [0.3, 0.4) is 0 Å². The third-order valence-corrected chi connectivity index (χ3v) is 8.56. The number of carboxylic acids is 1. The predicted octanol–water partition coefficient (Wildman–Crippen LogP) is 4.77. The number of hydrogen-bond donors (Lipinski definition) is 3. The molecule has 0 radical (unpaired) electrons. The maximum atomic E-state index is 14.3. The highest BCUT2D eigenvalue weighted by molar-refractivity contribution is 7.10. The van der Waals surface area contributed by atoms with Crippen LogP contribution < -0.4 is 11.1 Å². The number of fused-ring (bicyclic) bond motifs is 2. The number of nitrogen functional groups attached to an aromatic ring is 1. The van der Waals surface area contributed by atoms with Crippen LogP contribution in [0.25, 0.3) is 22.4 Å². The summed E-state index contributed by atoms with van der Waals surface area (Å²) < 4.78 is 29.6. The molecule has 1 unspecified atom stereocenters. The average Bonchev–Trinajstić information content (AvgIpc) is 3.59. The number of nitrogens with zero attached hydrogens (tertiary/aromatic N) is 5. The molecule has 2 aromatic carbocycles. The largest absolute Gasteiger partial charge is 0.481 e. The van der Waals surface area contributed by atoms with Crippen molar-refractivity contribution in [3.05, 3.63) is 81.3 Å². The molecule has 4 N–H and O–H groups in total. The molecule has 3 aromatic heterocycles. The van der Waals surface area contributed by atoms with E-state index in [-0.39, 0.29) is 30.4 Å². The van der Waals surface area contributed by atoms with Gasteiger partial charge in [-0.25, -0.2) is 23.7 Å².